The van der Waals surface area contributed by atoms with E-state index < -0.39 is 12.0 Å². The second-order valence-corrected chi connectivity index (χ2v) is 6.38. The van der Waals surface area contributed by atoms with Crippen molar-refractivity contribution in [3.63, 3.8) is 0 Å². The molecule has 3 heterocycles. The second-order valence-electron chi connectivity index (χ2n) is 6.38. The predicted octanol–water partition coefficient (Wildman–Crippen LogP) is 1.55. The number of aliphatic hydroxyl groups excluding tert-OH is 1. The fourth-order valence-electron chi connectivity index (χ4n) is 3.09. The molecule has 0 bridgehead atoms. The largest absolute Gasteiger partial charge is 0.468 e. The molecule has 0 radical (unpaired) electrons. The normalized spacial score (nSPS) is 14.8. The van der Waals surface area contributed by atoms with Crippen molar-refractivity contribution in [3.8, 4) is 0 Å². The van der Waals surface area contributed by atoms with Gasteiger partial charge in [-0.2, -0.15) is 5.10 Å². The van der Waals surface area contributed by atoms with E-state index in [9.17, 15) is 14.7 Å². The predicted molar refractivity (Wildman–Crippen MR) is 94.1 cm³/mol. The summed E-state index contributed by atoms with van der Waals surface area (Å²) in [6, 6.07) is 5.33. The number of amides is 2. The third kappa shape index (κ3) is 2.95. The number of hydrogen-bond acceptors (Lipinski definition) is 5. The van der Waals surface area contributed by atoms with Crippen LogP contribution in [-0.2, 0) is 13.0 Å². The molecule has 26 heavy (non-hydrogen) atoms. The number of carbonyl (C=O) groups excluding carboxylic acids is 2. The summed E-state index contributed by atoms with van der Waals surface area (Å²) in [5.41, 5.74) is 1.88. The zero-order valence-electron chi connectivity index (χ0n) is 14.2. The van der Waals surface area contributed by atoms with Crippen molar-refractivity contribution < 1.29 is 19.1 Å². The van der Waals surface area contributed by atoms with E-state index in [-0.39, 0.29) is 11.5 Å². The van der Waals surface area contributed by atoms with Gasteiger partial charge in [-0.3, -0.25) is 14.3 Å². The monoisotopic (exact) mass is 354 g/mol. The Morgan fingerprint density at radius 2 is 2.35 bits per heavy atom. The molecule has 2 aromatic heterocycles. The minimum Gasteiger partial charge on any atom is -0.468 e. The Morgan fingerprint density at radius 1 is 1.50 bits per heavy atom. The fourth-order valence-corrected chi connectivity index (χ4v) is 3.09. The smallest absolute Gasteiger partial charge is 0.259 e. The van der Waals surface area contributed by atoms with E-state index in [1.54, 1.807) is 29.8 Å². The molecule has 1 aliphatic rings. The summed E-state index contributed by atoms with van der Waals surface area (Å²) in [5.74, 6) is -0.156. The SMILES string of the molecule is CC(O)Cn1cc2cc(NC(=O)c3coc4c3C(=O)NCC4)ccc2n1. The van der Waals surface area contributed by atoms with Crippen LogP contribution < -0.4 is 10.6 Å². The fraction of sp³-hybridized carbons (Fsp3) is 0.278. The molecule has 2 amide bonds. The maximum atomic E-state index is 12.6. The van der Waals surface area contributed by atoms with E-state index in [2.05, 4.69) is 15.7 Å². The molecule has 0 saturated carbocycles. The molecule has 8 heteroatoms. The van der Waals surface area contributed by atoms with E-state index in [1.165, 1.54) is 6.26 Å². The lowest BCUT2D eigenvalue weighted by Gasteiger charge is -2.12. The first-order chi connectivity index (χ1) is 12.5. The maximum absolute atomic E-state index is 12.6. The quantitative estimate of drug-likeness (QED) is 0.658. The molecule has 1 aromatic carbocycles. The minimum absolute atomic E-state index is 0.224. The molecule has 0 spiro atoms. The van der Waals surface area contributed by atoms with Gasteiger partial charge in [0.1, 0.15) is 12.0 Å². The topological polar surface area (TPSA) is 109 Å². The summed E-state index contributed by atoms with van der Waals surface area (Å²) in [5, 5.41) is 20.2. The standard InChI is InChI=1S/C18H18N4O4/c1-10(23)7-22-8-11-6-12(2-3-14(11)21-22)20-17(24)13-9-26-15-4-5-19-18(25)16(13)15/h2-3,6,8-10,23H,4-5,7H2,1H3,(H,19,25)(H,20,24). The molecule has 1 unspecified atom stereocenters. The number of nitrogens with zero attached hydrogens (tertiary/aromatic N) is 2. The third-order valence-corrected chi connectivity index (χ3v) is 4.24. The van der Waals surface area contributed by atoms with Crippen LogP contribution in [0.3, 0.4) is 0 Å². The summed E-state index contributed by atoms with van der Waals surface area (Å²) >= 11 is 0. The van der Waals surface area contributed by atoms with E-state index >= 15 is 0 Å². The number of hydrogen-bond donors (Lipinski definition) is 3. The van der Waals surface area contributed by atoms with Gasteiger partial charge in [0.2, 0.25) is 0 Å². The number of anilines is 1. The molecule has 0 fully saturated rings. The molecule has 1 atom stereocenters. The number of aliphatic hydroxyl groups is 1. The van der Waals surface area contributed by atoms with Crippen molar-refractivity contribution >= 4 is 28.4 Å². The van der Waals surface area contributed by atoms with Crippen LogP contribution in [0.1, 0.15) is 33.4 Å². The van der Waals surface area contributed by atoms with Gasteiger partial charge in [-0.05, 0) is 25.1 Å². The van der Waals surface area contributed by atoms with Gasteiger partial charge in [0.25, 0.3) is 11.8 Å². The first-order valence-electron chi connectivity index (χ1n) is 8.36. The van der Waals surface area contributed by atoms with Gasteiger partial charge in [0.05, 0.1) is 29.3 Å². The Morgan fingerprint density at radius 3 is 3.15 bits per heavy atom. The average molecular weight is 354 g/mol. The second kappa shape index (κ2) is 6.30. The van der Waals surface area contributed by atoms with Crippen molar-refractivity contribution in [1.29, 1.82) is 0 Å². The molecular formula is C18H18N4O4. The van der Waals surface area contributed by atoms with Gasteiger partial charge >= 0.3 is 0 Å². The number of fused-ring (bicyclic) bond motifs is 2. The zero-order valence-corrected chi connectivity index (χ0v) is 14.2. The molecular weight excluding hydrogens is 336 g/mol. The van der Waals surface area contributed by atoms with Crippen LogP contribution in [0.4, 0.5) is 5.69 Å². The Bertz CT molecular complexity index is 1000. The summed E-state index contributed by atoms with van der Waals surface area (Å²) < 4.78 is 7.03. The highest BCUT2D eigenvalue weighted by Gasteiger charge is 2.27. The lowest BCUT2D eigenvalue weighted by molar-refractivity contribution is 0.0932. The molecule has 0 aliphatic carbocycles. The van der Waals surface area contributed by atoms with Crippen LogP contribution in [0, 0.1) is 0 Å². The van der Waals surface area contributed by atoms with Gasteiger partial charge in [-0.1, -0.05) is 0 Å². The lowest BCUT2D eigenvalue weighted by Crippen LogP contribution is -2.32. The van der Waals surface area contributed by atoms with E-state index in [1.807, 2.05) is 6.20 Å². The molecule has 134 valence electrons. The number of nitrogens with one attached hydrogen (secondary N) is 2. The first-order valence-corrected chi connectivity index (χ1v) is 8.36. The van der Waals surface area contributed by atoms with Crippen LogP contribution in [0.15, 0.2) is 35.1 Å². The van der Waals surface area contributed by atoms with Crippen molar-refractivity contribution in [1.82, 2.24) is 15.1 Å². The van der Waals surface area contributed by atoms with Crippen molar-refractivity contribution in [3.05, 3.63) is 47.5 Å². The highest BCUT2D eigenvalue weighted by Crippen LogP contribution is 2.23. The van der Waals surface area contributed by atoms with Crippen LogP contribution in [0.25, 0.3) is 10.9 Å². The van der Waals surface area contributed by atoms with E-state index in [0.29, 0.717) is 36.5 Å². The Hall–Kier alpha value is -3.13. The van der Waals surface area contributed by atoms with Crippen LogP contribution >= 0.6 is 0 Å². The Labute approximate surface area is 148 Å². The zero-order chi connectivity index (χ0) is 18.3. The van der Waals surface area contributed by atoms with Crippen molar-refractivity contribution in [2.45, 2.75) is 26.0 Å². The summed E-state index contributed by atoms with van der Waals surface area (Å²) in [6.07, 6.45) is 3.21. The summed E-state index contributed by atoms with van der Waals surface area (Å²) in [6.45, 7) is 2.60. The number of furan rings is 1. The number of aromatic nitrogens is 2. The van der Waals surface area contributed by atoms with Crippen LogP contribution in [0.5, 0.6) is 0 Å². The third-order valence-electron chi connectivity index (χ3n) is 4.24. The average Bonchev–Trinajstić information content (AvgIpc) is 3.18. The van der Waals surface area contributed by atoms with Gasteiger partial charge in [-0.25, -0.2) is 0 Å². The van der Waals surface area contributed by atoms with E-state index in [0.717, 1.165) is 10.9 Å². The first kappa shape index (κ1) is 16.3. The highest BCUT2D eigenvalue weighted by atomic mass is 16.3. The molecule has 1 aliphatic heterocycles. The minimum atomic E-state index is -0.498. The molecule has 8 nitrogen and oxygen atoms in total. The lowest BCUT2D eigenvalue weighted by atomic mass is 10.0. The Kier molecular flexibility index (Phi) is 3.96. The van der Waals surface area contributed by atoms with E-state index in [4.69, 9.17) is 4.42 Å². The van der Waals surface area contributed by atoms with Crippen molar-refractivity contribution in [2.75, 3.05) is 11.9 Å². The summed E-state index contributed by atoms with van der Waals surface area (Å²) in [7, 11) is 0. The van der Waals surface area contributed by atoms with Gasteiger partial charge in [0, 0.05) is 30.2 Å². The van der Waals surface area contributed by atoms with Crippen LogP contribution in [0.2, 0.25) is 0 Å². The molecule has 3 N–H and O–H groups in total. The molecule has 0 saturated heterocycles. The van der Waals surface area contributed by atoms with Crippen LogP contribution in [-0.4, -0.2) is 39.4 Å². The van der Waals surface area contributed by atoms with Gasteiger partial charge in [-0.15, -0.1) is 0 Å². The van der Waals surface area contributed by atoms with Gasteiger partial charge < -0.3 is 20.2 Å². The molecule has 4 rings (SSSR count). The number of rotatable bonds is 4. The Balaban J connectivity index is 1.58. The summed E-state index contributed by atoms with van der Waals surface area (Å²) in [4.78, 5) is 24.6. The number of benzene rings is 1. The highest BCUT2D eigenvalue weighted by molar-refractivity contribution is 6.13. The van der Waals surface area contributed by atoms with Crippen molar-refractivity contribution in [2.24, 2.45) is 0 Å². The molecule has 3 aromatic rings. The van der Waals surface area contributed by atoms with Gasteiger partial charge in [0.15, 0.2) is 0 Å². The number of carbonyl (C=O) groups is 2. The maximum Gasteiger partial charge on any atom is 0.259 e.